The molecule has 0 amide bonds. The molecule has 5 atom stereocenters. The summed E-state index contributed by atoms with van der Waals surface area (Å²) in [6.07, 6.45) is 8.01. The second-order valence-corrected chi connectivity index (χ2v) is 5.40. The van der Waals surface area contributed by atoms with Gasteiger partial charge in [0.15, 0.2) is 0 Å². The van der Waals surface area contributed by atoms with Gasteiger partial charge in [-0.2, -0.15) is 0 Å². The molecule has 1 unspecified atom stereocenters. The minimum atomic E-state index is -0.243. The molecule has 3 aliphatic carbocycles. The van der Waals surface area contributed by atoms with Crippen molar-refractivity contribution in [1.29, 1.82) is 0 Å². The summed E-state index contributed by atoms with van der Waals surface area (Å²) in [5.41, 5.74) is 0. The maximum Gasteiger partial charge on any atom is 0.330 e. The number of carbonyl (C=O) groups is 1. The smallest absolute Gasteiger partial charge is 0.330 e. The molecule has 2 bridgehead atoms. The molecule has 2 nitrogen and oxygen atoms in total. The van der Waals surface area contributed by atoms with Crippen molar-refractivity contribution < 1.29 is 9.53 Å². The monoisotopic (exact) mass is 206 g/mol. The normalized spacial score (nSPS) is 46.5. The van der Waals surface area contributed by atoms with Crippen molar-refractivity contribution in [2.45, 2.75) is 38.2 Å². The first-order valence-electron chi connectivity index (χ1n) is 6.11. The van der Waals surface area contributed by atoms with E-state index < -0.39 is 0 Å². The molecule has 0 aromatic rings. The summed E-state index contributed by atoms with van der Waals surface area (Å²) in [4.78, 5) is 11.1. The molecule has 0 heterocycles. The Bertz CT molecular complexity index is 279. The van der Waals surface area contributed by atoms with Crippen LogP contribution < -0.4 is 0 Å². The molecule has 3 rings (SSSR count). The Kier molecular flexibility index (Phi) is 2.11. The van der Waals surface area contributed by atoms with Crippen LogP contribution in [0.5, 0.6) is 0 Å². The van der Waals surface area contributed by atoms with E-state index in [2.05, 4.69) is 6.58 Å². The molecule has 2 heteroatoms. The minimum absolute atomic E-state index is 0.189. The van der Waals surface area contributed by atoms with Crippen LogP contribution in [-0.2, 0) is 9.53 Å². The minimum Gasteiger partial charge on any atom is -0.459 e. The molecule has 82 valence electrons. The number of hydrogen-bond acceptors (Lipinski definition) is 2. The fourth-order valence-electron chi connectivity index (χ4n) is 4.28. The van der Waals surface area contributed by atoms with Crippen molar-refractivity contribution in [3.63, 3.8) is 0 Å². The van der Waals surface area contributed by atoms with Crippen molar-refractivity contribution in [1.82, 2.24) is 0 Å². The fourth-order valence-corrected chi connectivity index (χ4v) is 4.28. The molecule has 0 aromatic carbocycles. The van der Waals surface area contributed by atoms with Gasteiger partial charge in [-0.1, -0.05) is 6.58 Å². The summed E-state index contributed by atoms with van der Waals surface area (Å²) in [6.45, 7) is 3.44. The summed E-state index contributed by atoms with van der Waals surface area (Å²) >= 11 is 0. The standard InChI is InChI=1S/C13H18O2/c1-2-13(14)15-10-6-11-8-3-4-9(5-8)12(11)7-10/h2,8-12H,1,3-7H2/t8-,9+,10?,11-,12+. The molecule has 3 fully saturated rings. The molecule has 3 saturated carbocycles. The maximum atomic E-state index is 11.1. The number of hydrogen-bond donors (Lipinski definition) is 0. The Morgan fingerprint density at radius 3 is 2.27 bits per heavy atom. The molecule has 0 aliphatic heterocycles. The lowest BCUT2D eigenvalue weighted by molar-refractivity contribution is -0.142. The van der Waals surface area contributed by atoms with Crippen LogP contribution >= 0.6 is 0 Å². The predicted molar refractivity (Wildman–Crippen MR) is 57.1 cm³/mol. The molecule has 0 aromatic heterocycles. The predicted octanol–water partition coefficient (Wildman–Crippen LogP) is 2.54. The summed E-state index contributed by atoms with van der Waals surface area (Å²) in [5.74, 6) is 3.39. The quantitative estimate of drug-likeness (QED) is 0.512. The fraction of sp³-hybridized carbons (Fsp3) is 0.769. The van der Waals surface area contributed by atoms with Crippen LogP contribution in [0.3, 0.4) is 0 Å². The number of carbonyl (C=O) groups excluding carboxylic acids is 1. The molecule has 15 heavy (non-hydrogen) atoms. The summed E-state index contributed by atoms with van der Waals surface area (Å²) < 4.78 is 5.36. The molecular formula is C13H18O2. The van der Waals surface area contributed by atoms with E-state index in [1.54, 1.807) is 0 Å². The third-order valence-electron chi connectivity index (χ3n) is 4.79. The Morgan fingerprint density at radius 1 is 1.13 bits per heavy atom. The van der Waals surface area contributed by atoms with Gasteiger partial charge in [0.05, 0.1) is 0 Å². The van der Waals surface area contributed by atoms with E-state index in [4.69, 9.17) is 4.74 Å². The van der Waals surface area contributed by atoms with Crippen LogP contribution in [0.2, 0.25) is 0 Å². The van der Waals surface area contributed by atoms with Crippen LogP contribution in [0, 0.1) is 23.7 Å². The zero-order chi connectivity index (χ0) is 10.4. The molecule has 0 spiro atoms. The van der Waals surface area contributed by atoms with E-state index >= 15 is 0 Å². The Hall–Kier alpha value is -0.790. The first kappa shape index (κ1) is 9.44. The summed E-state index contributed by atoms with van der Waals surface area (Å²) in [6, 6.07) is 0. The topological polar surface area (TPSA) is 26.3 Å². The van der Waals surface area contributed by atoms with Gasteiger partial charge in [0, 0.05) is 6.08 Å². The molecule has 0 N–H and O–H groups in total. The Balaban J connectivity index is 1.64. The highest BCUT2D eigenvalue weighted by molar-refractivity contribution is 5.81. The first-order chi connectivity index (χ1) is 7.28. The van der Waals surface area contributed by atoms with Crippen LogP contribution in [-0.4, -0.2) is 12.1 Å². The highest BCUT2D eigenvalue weighted by atomic mass is 16.5. The largest absolute Gasteiger partial charge is 0.459 e. The van der Waals surface area contributed by atoms with Crippen LogP contribution in [0.25, 0.3) is 0 Å². The number of rotatable bonds is 2. The van der Waals surface area contributed by atoms with Gasteiger partial charge >= 0.3 is 5.97 Å². The van der Waals surface area contributed by atoms with Gasteiger partial charge < -0.3 is 4.74 Å². The lowest BCUT2D eigenvalue weighted by Crippen LogP contribution is -2.15. The second-order valence-electron chi connectivity index (χ2n) is 5.40. The van der Waals surface area contributed by atoms with Gasteiger partial charge in [-0.15, -0.1) is 0 Å². The maximum absolute atomic E-state index is 11.1. The van der Waals surface area contributed by atoms with Gasteiger partial charge in [-0.25, -0.2) is 4.79 Å². The van der Waals surface area contributed by atoms with Crippen molar-refractivity contribution in [3.8, 4) is 0 Å². The average molecular weight is 206 g/mol. The van der Waals surface area contributed by atoms with E-state index in [1.807, 2.05) is 0 Å². The van der Waals surface area contributed by atoms with Gasteiger partial charge in [-0.3, -0.25) is 0 Å². The zero-order valence-electron chi connectivity index (χ0n) is 9.02. The van der Waals surface area contributed by atoms with E-state index in [1.165, 1.54) is 25.3 Å². The van der Waals surface area contributed by atoms with Crippen LogP contribution in [0.15, 0.2) is 12.7 Å². The van der Waals surface area contributed by atoms with Crippen LogP contribution in [0.4, 0.5) is 0 Å². The first-order valence-corrected chi connectivity index (χ1v) is 6.11. The van der Waals surface area contributed by atoms with E-state index in [9.17, 15) is 4.79 Å². The lowest BCUT2D eigenvalue weighted by Gasteiger charge is -2.23. The summed E-state index contributed by atoms with van der Waals surface area (Å²) in [7, 11) is 0. The van der Waals surface area contributed by atoms with Gasteiger partial charge in [0.1, 0.15) is 6.10 Å². The third kappa shape index (κ3) is 1.42. The highest BCUT2D eigenvalue weighted by Gasteiger charge is 2.52. The van der Waals surface area contributed by atoms with Crippen molar-refractivity contribution >= 4 is 5.97 Å². The molecule has 0 saturated heterocycles. The van der Waals surface area contributed by atoms with Crippen molar-refractivity contribution in [2.24, 2.45) is 23.7 Å². The molecule has 0 radical (unpaired) electrons. The SMILES string of the molecule is C=CC(=O)OC1C[C@@H]2[C@@H]3CC[C@@H](C3)[C@@H]2C1. The molecule has 3 aliphatic rings. The van der Waals surface area contributed by atoms with Gasteiger partial charge in [0.2, 0.25) is 0 Å². The molecular weight excluding hydrogens is 188 g/mol. The Labute approximate surface area is 90.7 Å². The number of ether oxygens (including phenoxy) is 1. The van der Waals surface area contributed by atoms with Crippen molar-refractivity contribution in [3.05, 3.63) is 12.7 Å². The zero-order valence-corrected chi connectivity index (χ0v) is 9.02. The summed E-state index contributed by atoms with van der Waals surface area (Å²) in [5, 5.41) is 0. The highest BCUT2D eigenvalue weighted by Crippen LogP contribution is 2.59. The van der Waals surface area contributed by atoms with Gasteiger partial charge in [0.25, 0.3) is 0 Å². The van der Waals surface area contributed by atoms with E-state index in [0.717, 1.165) is 36.5 Å². The van der Waals surface area contributed by atoms with Crippen molar-refractivity contribution in [2.75, 3.05) is 0 Å². The third-order valence-corrected chi connectivity index (χ3v) is 4.79. The number of esters is 1. The average Bonchev–Trinajstić information content (AvgIpc) is 2.87. The van der Waals surface area contributed by atoms with Crippen LogP contribution in [0.1, 0.15) is 32.1 Å². The second kappa shape index (κ2) is 3.36. The lowest BCUT2D eigenvalue weighted by atomic mass is 9.82. The van der Waals surface area contributed by atoms with Gasteiger partial charge in [-0.05, 0) is 55.8 Å². The number of fused-ring (bicyclic) bond motifs is 5. The van der Waals surface area contributed by atoms with E-state index in [-0.39, 0.29) is 12.1 Å². The van der Waals surface area contributed by atoms with E-state index in [0.29, 0.717) is 0 Å². The Morgan fingerprint density at radius 2 is 1.73 bits per heavy atom.